The van der Waals surface area contributed by atoms with Gasteiger partial charge in [0.2, 0.25) is 0 Å². The van der Waals surface area contributed by atoms with Crippen LogP contribution < -0.4 is 4.84 Å². The molecule has 0 spiro atoms. The van der Waals surface area contributed by atoms with Crippen LogP contribution in [-0.2, 0) is 71.5 Å². The lowest BCUT2D eigenvalue weighted by Gasteiger charge is -2.51. The lowest BCUT2D eigenvalue weighted by molar-refractivity contribution is -0.337. The molecule has 3 saturated heterocycles. The molecule has 256 valence electrons. The molecule has 0 N–H and O–H groups in total. The Labute approximate surface area is 272 Å². The molecule has 1 aromatic rings. The molecule has 10 atom stereocenters. The molecule has 5 rings (SSSR count). The molecule has 4 fully saturated rings. The van der Waals surface area contributed by atoms with E-state index in [9.17, 15) is 33.6 Å². The van der Waals surface area contributed by atoms with Crippen molar-refractivity contribution >= 4 is 54.0 Å². The summed E-state index contributed by atoms with van der Waals surface area (Å²) in [5.41, 5.74) is 0. The zero-order valence-corrected chi connectivity index (χ0v) is 26.7. The zero-order chi connectivity index (χ0) is 34.6. The maximum Gasteiger partial charge on any atom is 0.337 e. The van der Waals surface area contributed by atoms with Crippen LogP contribution in [0.3, 0.4) is 0 Å². The number of carbonyl (C=O) groups is 7. The number of esters is 6. The van der Waals surface area contributed by atoms with E-state index in [1.807, 2.05) is 0 Å². The van der Waals surface area contributed by atoms with Crippen LogP contribution in [0.1, 0.15) is 41.0 Å². The van der Waals surface area contributed by atoms with Crippen molar-refractivity contribution in [2.45, 2.75) is 90.1 Å². The van der Waals surface area contributed by atoms with Gasteiger partial charge in [-0.15, -0.1) is 0 Å². The molecule has 1 aliphatic carbocycles. The third kappa shape index (κ3) is 8.49. The molecule has 2 bridgehead atoms. The van der Waals surface area contributed by atoms with Crippen molar-refractivity contribution in [1.82, 2.24) is 4.73 Å². The standard InChI is InChI=1S/C29H33NO16S/c1-12(31)38-11-19-23(40-14(3)33)25(41-15(4)34)26(42-16(5)35)29(44-19)45-24-21-17(27(36)46-30-9-7-6-8-20(30)47)10-18(43-28(21)37)22(24)39-13(2)32/h6-9,17-19,21-26,29H,10-11H2,1-5H3/t17-,18+,19-,21-,22-,23-,24-,25+,26-,29+/m1/s1. The number of carbonyl (C=O) groups excluding carboxylic acids is 7. The van der Waals surface area contributed by atoms with Crippen LogP contribution in [-0.4, -0.2) is 102 Å². The normalized spacial score (nSPS) is 31.0. The highest BCUT2D eigenvalue weighted by atomic mass is 32.1. The van der Waals surface area contributed by atoms with Gasteiger partial charge in [0, 0.05) is 47.2 Å². The Balaban J connectivity index is 1.74. The summed E-state index contributed by atoms with van der Waals surface area (Å²) in [6.45, 7) is 4.82. The first-order valence-corrected chi connectivity index (χ1v) is 14.8. The fourth-order valence-corrected chi connectivity index (χ4v) is 5.84. The summed E-state index contributed by atoms with van der Waals surface area (Å²) in [5, 5.41) is 0. The van der Waals surface area contributed by atoms with Crippen LogP contribution in [0.4, 0.5) is 0 Å². The molecule has 4 heterocycles. The van der Waals surface area contributed by atoms with Gasteiger partial charge in [0.05, 0.1) is 5.92 Å². The summed E-state index contributed by atoms with van der Waals surface area (Å²) in [5.74, 6) is -8.55. The predicted octanol–water partition coefficient (Wildman–Crippen LogP) is 0.134. The highest BCUT2D eigenvalue weighted by Crippen LogP contribution is 2.44. The Hall–Kier alpha value is -4.42. The van der Waals surface area contributed by atoms with Crippen molar-refractivity contribution < 1.29 is 76.3 Å². The SMILES string of the molecule is CC(=O)OC[C@H]1O[C@@H](O[C@H]2[C@H](OC(C)=O)[C@@H]3C[C@@H](C(=O)On4ccccc4=S)[C@H]2C(=O)O3)[C@H](OC(C)=O)[C@@H](OC(C)=O)[C@@H]1OC(C)=O. The first-order valence-electron chi connectivity index (χ1n) is 14.4. The Morgan fingerprint density at radius 2 is 1.40 bits per heavy atom. The topological polar surface area (TPSA) is 207 Å². The minimum Gasteiger partial charge on any atom is -0.463 e. The van der Waals surface area contributed by atoms with Crippen LogP contribution in [0.15, 0.2) is 24.4 Å². The van der Waals surface area contributed by atoms with E-state index in [0.29, 0.717) is 0 Å². The quantitative estimate of drug-likeness (QED) is 0.182. The summed E-state index contributed by atoms with van der Waals surface area (Å²) in [7, 11) is 0. The summed E-state index contributed by atoms with van der Waals surface area (Å²) in [6.07, 6.45) is -10.5. The smallest absolute Gasteiger partial charge is 0.337 e. The average molecular weight is 684 g/mol. The van der Waals surface area contributed by atoms with Crippen LogP contribution in [0.2, 0.25) is 0 Å². The number of aromatic nitrogens is 1. The van der Waals surface area contributed by atoms with E-state index in [2.05, 4.69) is 0 Å². The molecule has 3 aliphatic heterocycles. The van der Waals surface area contributed by atoms with E-state index in [4.69, 9.17) is 55.0 Å². The Morgan fingerprint density at radius 1 is 0.809 bits per heavy atom. The van der Waals surface area contributed by atoms with Gasteiger partial charge in [-0.1, -0.05) is 18.3 Å². The van der Waals surface area contributed by atoms with Crippen LogP contribution in [0.25, 0.3) is 0 Å². The maximum absolute atomic E-state index is 13.4. The van der Waals surface area contributed by atoms with E-state index in [-0.39, 0.29) is 11.1 Å². The van der Waals surface area contributed by atoms with Gasteiger partial charge in [-0.05, 0) is 12.1 Å². The number of pyridine rings is 1. The Kier molecular flexibility index (Phi) is 11.3. The third-order valence-electron chi connectivity index (χ3n) is 7.32. The molecule has 1 aromatic heterocycles. The van der Waals surface area contributed by atoms with Gasteiger partial charge in [-0.3, -0.25) is 28.8 Å². The van der Waals surface area contributed by atoms with Gasteiger partial charge in [0.15, 0.2) is 30.7 Å². The fraction of sp³-hybridized carbons (Fsp3) is 0.586. The van der Waals surface area contributed by atoms with E-state index in [1.165, 1.54) is 12.3 Å². The molecule has 0 radical (unpaired) electrons. The van der Waals surface area contributed by atoms with Gasteiger partial charge in [0.1, 0.15) is 35.5 Å². The number of fused-ring (bicyclic) bond motifs is 3. The van der Waals surface area contributed by atoms with E-state index >= 15 is 0 Å². The van der Waals surface area contributed by atoms with Crippen LogP contribution >= 0.6 is 12.2 Å². The first kappa shape index (κ1) is 35.4. The van der Waals surface area contributed by atoms with E-state index in [1.54, 1.807) is 12.1 Å². The number of hydrogen-bond donors (Lipinski definition) is 0. The summed E-state index contributed by atoms with van der Waals surface area (Å²) < 4.78 is 45.7. The second-order valence-electron chi connectivity index (χ2n) is 10.9. The van der Waals surface area contributed by atoms with Gasteiger partial charge in [-0.2, -0.15) is 4.73 Å². The molecule has 47 heavy (non-hydrogen) atoms. The molecule has 4 aliphatic rings. The first-order chi connectivity index (χ1) is 22.2. The summed E-state index contributed by atoms with van der Waals surface area (Å²) in [4.78, 5) is 92.5. The lowest BCUT2D eigenvalue weighted by atomic mass is 9.71. The van der Waals surface area contributed by atoms with Crippen LogP contribution in [0.5, 0.6) is 0 Å². The predicted molar refractivity (Wildman–Crippen MR) is 151 cm³/mol. The maximum atomic E-state index is 13.4. The molecular formula is C29H33NO16S. The largest absolute Gasteiger partial charge is 0.463 e. The van der Waals surface area contributed by atoms with Gasteiger partial charge in [-0.25, -0.2) is 4.79 Å². The number of ether oxygens (including phenoxy) is 8. The molecule has 1 saturated carbocycles. The Morgan fingerprint density at radius 3 is 2.00 bits per heavy atom. The third-order valence-corrected chi connectivity index (χ3v) is 7.64. The molecule has 0 aromatic carbocycles. The van der Waals surface area contributed by atoms with Gasteiger partial charge in [0.25, 0.3) is 0 Å². The fourth-order valence-electron chi connectivity index (χ4n) is 5.66. The minimum absolute atomic E-state index is 0.119. The molecule has 0 amide bonds. The van der Waals surface area contributed by atoms with Crippen LogP contribution in [0, 0.1) is 16.5 Å². The molecule has 18 heteroatoms. The van der Waals surface area contributed by atoms with Crippen molar-refractivity contribution in [3.8, 4) is 0 Å². The molecule has 17 nitrogen and oxygen atoms in total. The number of nitrogens with zero attached hydrogens (tertiary/aromatic N) is 1. The van der Waals surface area contributed by atoms with Crippen molar-refractivity contribution in [2.75, 3.05) is 6.61 Å². The van der Waals surface area contributed by atoms with E-state index in [0.717, 1.165) is 39.3 Å². The molecular weight excluding hydrogens is 650 g/mol. The number of hydrogen-bond acceptors (Lipinski definition) is 17. The Bertz CT molecular complexity index is 1480. The van der Waals surface area contributed by atoms with Crippen molar-refractivity contribution in [1.29, 1.82) is 0 Å². The minimum atomic E-state index is -1.75. The lowest BCUT2D eigenvalue weighted by Crippen LogP contribution is -2.68. The average Bonchev–Trinajstić information content (AvgIpc) is 2.96. The monoisotopic (exact) mass is 683 g/mol. The second-order valence-corrected chi connectivity index (χ2v) is 11.3. The van der Waals surface area contributed by atoms with Crippen molar-refractivity contribution in [2.24, 2.45) is 11.8 Å². The van der Waals surface area contributed by atoms with Gasteiger partial charge >= 0.3 is 41.8 Å². The number of rotatable bonds is 10. The highest BCUT2D eigenvalue weighted by Gasteiger charge is 2.62. The highest BCUT2D eigenvalue weighted by molar-refractivity contribution is 7.71. The van der Waals surface area contributed by atoms with E-state index < -0.39 is 109 Å². The van der Waals surface area contributed by atoms with Crippen molar-refractivity contribution in [3.05, 3.63) is 29.0 Å². The van der Waals surface area contributed by atoms with Crippen molar-refractivity contribution in [3.63, 3.8) is 0 Å². The zero-order valence-electron chi connectivity index (χ0n) is 25.9. The second kappa shape index (κ2) is 15.0. The summed E-state index contributed by atoms with van der Waals surface area (Å²) in [6, 6.07) is 4.71. The summed E-state index contributed by atoms with van der Waals surface area (Å²) >= 11 is 5.19. The molecule has 0 unspecified atom stereocenters. The van der Waals surface area contributed by atoms with Gasteiger partial charge < -0.3 is 42.7 Å².